The minimum absolute atomic E-state index is 0.290. The van der Waals surface area contributed by atoms with Gasteiger partial charge in [-0.15, -0.1) is 0 Å². The molecule has 164 valence electrons. The Morgan fingerprint density at radius 3 is 2.67 bits per heavy atom. The Bertz CT molecular complexity index is 778. The molecule has 3 aliphatic carbocycles. The number of hydrogen-bond donors (Lipinski definition) is 1. The molecule has 0 bridgehead atoms. The highest BCUT2D eigenvalue weighted by Gasteiger charge is 2.60. The van der Waals surface area contributed by atoms with Gasteiger partial charge < -0.3 is 5.32 Å². The molecule has 1 unspecified atom stereocenters. The smallest absolute Gasteiger partial charge is 0.220 e. The Hall–Kier alpha value is -1.38. The average Bonchev–Trinajstić information content (AvgIpc) is 3.10. The first-order chi connectivity index (χ1) is 14.5. The number of carbonyl (C=O) groups is 1. The lowest BCUT2D eigenvalue weighted by Gasteiger charge is -2.60. The van der Waals surface area contributed by atoms with E-state index in [2.05, 4.69) is 43.2 Å². The molecule has 1 aliphatic heterocycles. The first-order valence-corrected chi connectivity index (χ1v) is 12.6. The van der Waals surface area contributed by atoms with Crippen molar-refractivity contribution in [3.63, 3.8) is 0 Å². The van der Waals surface area contributed by atoms with Gasteiger partial charge in [0.05, 0.1) is 0 Å². The van der Waals surface area contributed by atoms with Crippen molar-refractivity contribution in [3.05, 3.63) is 30.1 Å². The largest absolute Gasteiger partial charge is 0.353 e. The second-order valence-corrected chi connectivity index (χ2v) is 11.5. The van der Waals surface area contributed by atoms with Gasteiger partial charge in [-0.1, -0.05) is 33.3 Å². The monoisotopic (exact) mass is 408 g/mol. The molecule has 1 aromatic heterocycles. The number of pyridine rings is 1. The van der Waals surface area contributed by atoms with Gasteiger partial charge in [0.15, 0.2) is 0 Å². The molecule has 3 saturated carbocycles. The van der Waals surface area contributed by atoms with Crippen molar-refractivity contribution in [1.29, 1.82) is 0 Å². The van der Waals surface area contributed by atoms with Gasteiger partial charge >= 0.3 is 0 Å². The maximum absolute atomic E-state index is 12.0. The zero-order valence-electron chi connectivity index (χ0n) is 19.2. The van der Waals surface area contributed by atoms with E-state index in [4.69, 9.17) is 0 Å². The van der Waals surface area contributed by atoms with Crippen LogP contribution in [-0.2, 0) is 11.2 Å². The quantitative estimate of drug-likeness (QED) is 0.685. The molecule has 0 radical (unpaired) electrons. The predicted octanol–water partition coefficient (Wildman–Crippen LogP) is 5.79. The van der Waals surface area contributed by atoms with Gasteiger partial charge in [0.1, 0.15) is 0 Å². The van der Waals surface area contributed by atoms with E-state index >= 15 is 0 Å². The zero-order chi connectivity index (χ0) is 20.9. The highest BCUT2D eigenvalue weighted by atomic mass is 16.1. The number of aromatic nitrogens is 1. The Balaban J connectivity index is 1.37. The minimum atomic E-state index is 0.290. The van der Waals surface area contributed by atoms with Crippen molar-refractivity contribution in [1.82, 2.24) is 10.3 Å². The summed E-state index contributed by atoms with van der Waals surface area (Å²) in [5.74, 6) is 4.45. The van der Waals surface area contributed by atoms with Crippen molar-refractivity contribution in [3.8, 4) is 0 Å². The first-order valence-electron chi connectivity index (χ1n) is 12.6. The van der Waals surface area contributed by atoms with Crippen molar-refractivity contribution >= 4 is 5.91 Å². The van der Waals surface area contributed by atoms with Crippen LogP contribution in [-0.4, -0.2) is 16.9 Å². The van der Waals surface area contributed by atoms with Gasteiger partial charge in [0, 0.05) is 24.4 Å². The lowest BCUT2D eigenvalue weighted by molar-refractivity contribution is -0.137. The number of fused-ring (bicyclic) bond motifs is 5. The van der Waals surface area contributed by atoms with Crippen LogP contribution in [0.5, 0.6) is 0 Å². The topological polar surface area (TPSA) is 42.0 Å². The van der Waals surface area contributed by atoms with Gasteiger partial charge in [-0.25, -0.2) is 0 Å². The molecule has 1 N–H and O–H groups in total. The van der Waals surface area contributed by atoms with E-state index in [0.29, 0.717) is 16.9 Å². The van der Waals surface area contributed by atoms with E-state index in [1.54, 1.807) is 0 Å². The van der Waals surface area contributed by atoms with E-state index in [-0.39, 0.29) is 5.91 Å². The van der Waals surface area contributed by atoms with Crippen molar-refractivity contribution in [2.24, 2.45) is 40.4 Å². The Morgan fingerprint density at radius 2 is 1.90 bits per heavy atom. The van der Waals surface area contributed by atoms with Crippen molar-refractivity contribution in [2.45, 2.75) is 91.0 Å². The lowest BCUT2D eigenvalue weighted by atomic mass is 9.46. The zero-order valence-corrected chi connectivity index (χ0v) is 19.2. The summed E-state index contributed by atoms with van der Waals surface area (Å²) in [6.07, 6.45) is 14.3. The number of hydrogen-bond acceptors (Lipinski definition) is 2. The van der Waals surface area contributed by atoms with Crippen LogP contribution in [0.3, 0.4) is 0 Å². The molecule has 4 aliphatic rings. The van der Waals surface area contributed by atoms with E-state index in [0.717, 1.165) is 48.9 Å². The third kappa shape index (κ3) is 3.14. The molecule has 0 aromatic carbocycles. The van der Waals surface area contributed by atoms with E-state index < -0.39 is 0 Å². The van der Waals surface area contributed by atoms with Gasteiger partial charge in [-0.2, -0.15) is 0 Å². The Kier molecular flexibility index (Phi) is 5.22. The third-order valence-electron chi connectivity index (χ3n) is 10.5. The summed E-state index contributed by atoms with van der Waals surface area (Å²) in [5.41, 5.74) is 2.10. The number of nitrogens with one attached hydrogen (secondary N) is 1. The molecular formula is C27H40N2O. The second-order valence-electron chi connectivity index (χ2n) is 11.5. The summed E-state index contributed by atoms with van der Waals surface area (Å²) < 4.78 is 0. The number of amides is 1. The van der Waals surface area contributed by atoms with Crippen LogP contribution in [0.4, 0.5) is 0 Å². The van der Waals surface area contributed by atoms with Crippen molar-refractivity contribution < 1.29 is 4.79 Å². The maximum Gasteiger partial charge on any atom is 0.220 e. The van der Waals surface area contributed by atoms with Crippen LogP contribution >= 0.6 is 0 Å². The molecule has 3 nitrogen and oxygen atoms in total. The number of nitrogens with zero attached hydrogens (tertiary/aromatic N) is 1. The summed E-state index contributed by atoms with van der Waals surface area (Å²) in [6.45, 7) is 7.57. The predicted molar refractivity (Wildman–Crippen MR) is 121 cm³/mol. The van der Waals surface area contributed by atoms with Crippen molar-refractivity contribution in [2.75, 3.05) is 0 Å². The molecule has 3 heteroatoms. The van der Waals surface area contributed by atoms with Crippen LogP contribution in [0.15, 0.2) is 24.4 Å². The molecule has 5 rings (SSSR count). The number of piperidine rings is 1. The molecule has 0 spiro atoms. The molecular weight excluding hydrogens is 368 g/mol. The summed E-state index contributed by atoms with van der Waals surface area (Å²) in [5, 5.41) is 3.38. The number of carbonyl (C=O) groups excluding carboxylic acids is 1. The third-order valence-corrected chi connectivity index (χ3v) is 10.5. The maximum atomic E-state index is 12.0. The molecule has 1 amide bonds. The summed E-state index contributed by atoms with van der Waals surface area (Å²) in [7, 11) is 0. The highest BCUT2D eigenvalue weighted by Crippen LogP contribution is 2.66. The van der Waals surface area contributed by atoms with Crippen LogP contribution in [0.1, 0.15) is 84.3 Å². The normalized spacial score (nSPS) is 43.8. The molecule has 2 heterocycles. The Labute approximate surface area is 182 Å². The minimum Gasteiger partial charge on any atom is -0.353 e. The summed E-state index contributed by atoms with van der Waals surface area (Å²) in [6, 6.07) is 6.81. The van der Waals surface area contributed by atoms with E-state index in [1.807, 2.05) is 12.3 Å². The number of rotatable bonds is 4. The van der Waals surface area contributed by atoms with E-state index in [1.165, 1.54) is 50.6 Å². The van der Waals surface area contributed by atoms with Gasteiger partial charge in [-0.05, 0) is 104 Å². The van der Waals surface area contributed by atoms with Crippen LogP contribution in [0.2, 0.25) is 0 Å². The highest BCUT2D eigenvalue weighted by molar-refractivity contribution is 5.77. The summed E-state index contributed by atoms with van der Waals surface area (Å²) in [4.78, 5) is 16.7. The van der Waals surface area contributed by atoms with Crippen LogP contribution in [0, 0.1) is 40.4 Å². The lowest BCUT2D eigenvalue weighted by Crippen LogP contribution is -2.61. The Morgan fingerprint density at radius 1 is 1.07 bits per heavy atom. The molecule has 30 heavy (non-hydrogen) atoms. The molecule has 1 saturated heterocycles. The SMILES string of the molecule is CCC(Cc1ccccn1)[C@H]1CC[C@H]2[C@@H]3CC[C@H]4NC(=O)CC[C@]4(C)[C@H]3CC[C@]12C. The fourth-order valence-corrected chi connectivity index (χ4v) is 8.88. The van der Waals surface area contributed by atoms with Gasteiger partial charge in [0.2, 0.25) is 5.91 Å². The standard InChI is InChI=1S/C27H40N2O/c1-4-18(17-19-7-5-6-16-28-19)21-9-10-22-20-8-11-24-27(3,15-13-25(30)29-24)23(20)12-14-26(21,22)2/h5-7,16,18,20-24H,4,8-15,17H2,1-3H3,(H,29,30)/t18?,20-,21+,22-,23-,24+,26+,27+/m0/s1. The van der Waals surface area contributed by atoms with Gasteiger partial charge in [0.25, 0.3) is 0 Å². The molecule has 1 aromatic rings. The van der Waals surface area contributed by atoms with Crippen LogP contribution < -0.4 is 5.32 Å². The molecule has 8 atom stereocenters. The first kappa shape index (κ1) is 20.5. The fraction of sp³-hybridized carbons (Fsp3) is 0.778. The fourth-order valence-electron chi connectivity index (χ4n) is 8.88. The molecule has 4 fully saturated rings. The second kappa shape index (κ2) is 7.64. The summed E-state index contributed by atoms with van der Waals surface area (Å²) >= 11 is 0. The van der Waals surface area contributed by atoms with E-state index in [9.17, 15) is 4.79 Å². The van der Waals surface area contributed by atoms with Crippen LogP contribution in [0.25, 0.3) is 0 Å². The average molecular weight is 409 g/mol. The van der Waals surface area contributed by atoms with Gasteiger partial charge in [-0.3, -0.25) is 9.78 Å².